The summed E-state index contributed by atoms with van der Waals surface area (Å²) >= 11 is 17.3. The highest BCUT2D eigenvalue weighted by Gasteiger charge is 2.27. The highest BCUT2D eigenvalue weighted by molar-refractivity contribution is 6.53. The largest absolute Gasteiger partial charge is 0.484 e. The summed E-state index contributed by atoms with van der Waals surface area (Å²) in [6, 6.07) is 3.61. The molecule has 1 heterocycles. The summed E-state index contributed by atoms with van der Waals surface area (Å²) < 4.78 is 5.58. The number of carbonyl (C=O) groups excluding carboxylic acids is 2. The minimum Gasteiger partial charge on any atom is -0.484 e. The molecule has 0 aromatic heterocycles. The molecule has 1 aromatic carbocycles. The molecule has 1 fully saturated rings. The van der Waals surface area contributed by atoms with Gasteiger partial charge in [-0.25, -0.2) is 0 Å². The lowest BCUT2D eigenvalue weighted by atomic mass is 10.1. The number of halogens is 3. The summed E-state index contributed by atoms with van der Waals surface area (Å²) in [6.07, 6.45) is 0. The standard InChI is InChI=1S/C16H19Cl3N2O3/c1-10-7-12(8-11(2)14(10)17)24-9-13(22)20-3-5-21(6-4-20)16(23)15(18)19/h7-8,15H,3-6,9H2,1-2H3. The SMILES string of the molecule is Cc1cc(OCC(=O)N2CCN(C(=O)C(Cl)Cl)CC2)cc(C)c1Cl. The van der Waals surface area contributed by atoms with E-state index in [9.17, 15) is 9.59 Å². The Morgan fingerprint density at radius 2 is 1.58 bits per heavy atom. The summed E-state index contributed by atoms with van der Waals surface area (Å²) in [5.41, 5.74) is 1.81. The summed E-state index contributed by atoms with van der Waals surface area (Å²) in [6.45, 7) is 5.43. The molecule has 2 amide bonds. The fraction of sp³-hybridized carbons (Fsp3) is 0.500. The van der Waals surface area contributed by atoms with Crippen molar-refractivity contribution in [1.29, 1.82) is 0 Å². The number of hydrogen-bond donors (Lipinski definition) is 0. The van der Waals surface area contributed by atoms with Gasteiger partial charge in [-0.05, 0) is 37.1 Å². The molecular formula is C16H19Cl3N2O3. The Hall–Kier alpha value is -1.17. The van der Waals surface area contributed by atoms with Crippen molar-refractivity contribution >= 4 is 46.6 Å². The zero-order valence-electron chi connectivity index (χ0n) is 13.5. The molecule has 0 saturated carbocycles. The molecule has 2 rings (SSSR count). The lowest BCUT2D eigenvalue weighted by Gasteiger charge is -2.34. The van der Waals surface area contributed by atoms with E-state index >= 15 is 0 Å². The third-order valence-electron chi connectivity index (χ3n) is 3.90. The number of alkyl halides is 2. The summed E-state index contributed by atoms with van der Waals surface area (Å²) in [4.78, 5) is 26.1. The number of nitrogens with zero attached hydrogens (tertiary/aromatic N) is 2. The molecule has 24 heavy (non-hydrogen) atoms. The number of hydrogen-bond acceptors (Lipinski definition) is 3. The van der Waals surface area contributed by atoms with Gasteiger partial charge in [-0.15, -0.1) is 0 Å². The molecule has 8 heteroatoms. The van der Waals surface area contributed by atoms with E-state index < -0.39 is 4.84 Å². The van der Waals surface area contributed by atoms with Crippen LogP contribution in [0.2, 0.25) is 5.02 Å². The normalized spacial score (nSPS) is 14.9. The summed E-state index contributed by atoms with van der Waals surface area (Å²) in [5, 5.41) is 0.700. The minimum atomic E-state index is -1.06. The number of ether oxygens (including phenoxy) is 1. The molecule has 0 bridgehead atoms. The Morgan fingerprint density at radius 3 is 2.08 bits per heavy atom. The van der Waals surface area contributed by atoms with E-state index in [0.29, 0.717) is 37.0 Å². The van der Waals surface area contributed by atoms with Gasteiger partial charge in [0, 0.05) is 31.2 Å². The molecule has 0 aliphatic carbocycles. The molecule has 132 valence electrons. The van der Waals surface area contributed by atoms with Gasteiger partial charge in [0.05, 0.1) is 0 Å². The van der Waals surface area contributed by atoms with Gasteiger partial charge in [0.1, 0.15) is 5.75 Å². The Labute approximate surface area is 156 Å². The molecule has 1 aliphatic rings. The van der Waals surface area contributed by atoms with Crippen molar-refractivity contribution in [3.05, 3.63) is 28.3 Å². The average molecular weight is 394 g/mol. The first-order valence-corrected chi connectivity index (χ1v) is 8.79. The second-order valence-electron chi connectivity index (χ2n) is 5.67. The van der Waals surface area contributed by atoms with Gasteiger partial charge in [-0.1, -0.05) is 34.8 Å². The van der Waals surface area contributed by atoms with E-state index in [-0.39, 0.29) is 18.4 Å². The fourth-order valence-electron chi connectivity index (χ4n) is 2.54. The first-order chi connectivity index (χ1) is 11.3. The van der Waals surface area contributed by atoms with Crippen LogP contribution in [0.15, 0.2) is 12.1 Å². The van der Waals surface area contributed by atoms with Crippen LogP contribution >= 0.6 is 34.8 Å². The van der Waals surface area contributed by atoms with Gasteiger partial charge >= 0.3 is 0 Å². The quantitative estimate of drug-likeness (QED) is 0.739. The van der Waals surface area contributed by atoms with Crippen molar-refractivity contribution in [3.63, 3.8) is 0 Å². The number of aryl methyl sites for hydroxylation is 2. The molecule has 0 atom stereocenters. The second-order valence-corrected chi connectivity index (χ2v) is 7.14. The van der Waals surface area contributed by atoms with Crippen molar-refractivity contribution in [2.45, 2.75) is 18.7 Å². The van der Waals surface area contributed by atoms with Crippen molar-refractivity contribution < 1.29 is 14.3 Å². The fourth-order valence-corrected chi connectivity index (χ4v) is 2.93. The predicted octanol–water partition coefficient (Wildman–Crippen LogP) is 2.81. The molecular weight excluding hydrogens is 375 g/mol. The van der Waals surface area contributed by atoms with Crippen molar-refractivity contribution in [2.75, 3.05) is 32.8 Å². The van der Waals surface area contributed by atoms with Gasteiger partial charge < -0.3 is 14.5 Å². The van der Waals surface area contributed by atoms with Crippen molar-refractivity contribution in [1.82, 2.24) is 9.80 Å². The number of benzene rings is 1. The zero-order chi connectivity index (χ0) is 17.9. The molecule has 0 spiro atoms. The van der Waals surface area contributed by atoms with Crippen LogP contribution in [0.5, 0.6) is 5.75 Å². The van der Waals surface area contributed by atoms with E-state index in [0.717, 1.165) is 11.1 Å². The van der Waals surface area contributed by atoms with Gasteiger partial charge in [0.2, 0.25) is 0 Å². The lowest BCUT2D eigenvalue weighted by molar-refractivity contribution is -0.139. The van der Waals surface area contributed by atoms with E-state index in [1.165, 1.54) is 0 Å². The first kappa shape index (κ1) is 19.2. The van der Waals surface area contributed by atoms with Gasteiger partial charge in [-0.2, -0.15) is 0 Å². The molecule has 0 unspecified atom stereocenters. The third-order valence-corrected chi connectivity index (χ3v) is 4.87. The summed E-state index contributed by atoms with van der Waals surface area (Å²) in [5.74, 6) is 0.165. The molecule has 1 saturated heterocycles. The smallest absolute Gasteiger partial charge is 0.260 e. The highest BCUT2D eigenvalue weighted by Crippen LogP contribution is 2.25. The maximum atomic E-state index is 12.2. The van der Waals surface area contributed by atoms with E-state index in [1.54, 1.807) is 21.9 Å². The Bertz CT molecular complexity index is 606. The number of carbonyl (C=O) groups is 2. The number of piperazine rings is 1. The maximum absolute atomic E-state index is 12.2. The number of amides is 2. The van der Waals surface area contributed by atoms with Gasteiger partial charge in [0.15, 0.2) is 11.4 Å². The predicted molar refractivity (Wildman–Crippen MR) is 95.1 cm³/mol. The number of rotatable bonds is 4. The average Bonchev–Trinajstić information content (AvgIpc) is 2.56. The Balaban J connectivity index is 1.85. The van der Waals surface area contributed by atoms with Crippen LogP contribution in [0.25, 0.3) is 0 Å². The lowest BCUT2D eigenvalue weighted by Crippen LogP contribution is -2.52. The molecule has 5 nitrogen and oxygen atoms in total. The molecule has 0 N–H and O–H groups in total. The summed E-state index contributed by atoms with van der Waals surface area (Å²) in [7, 11) is 0. The highest BCUT2D eigenvalue weighted by atomic mass is 35.5. The van der Waals surface area contributed by atoms with Crippen LogP contribution in [0.1, 0.15) is 11.1 Å². The topological polar surface area (TPSA) is 49.9 Å². The van der Waals surface area contributed by atoms with Crippen molar-refractivity contribution in [2.24, 2.45) is 0 Å². The monoisotopic (exact) mass is 392 g/mol. The van der Waals surface area contributed by atoms with Crippen LogP contribution in [0, 0.1) is 13.8 Å². The van der Waals surface area contributed by atoms with Crippen LogP contribution in [0.4, 0.5) is 0 Å². The Kier molecular flexibility index (Phi) is 6.61. The van der Waals surface area contributed by atoms with E-state index in [1.807, 2.05) is 13.8 Å². The minimum absolute atomic E-state index is 0.0535. The first-order valence-electron chi connectivity index (χ1n) is 7.54. The van der Waals surface area contributed by atoms with E-state index in [2.05, 4.69) is 0 Å². The molecule has 1 aliphatic heterocycles. The van der Waals surface area contributed by atoms with Gasteiger partial charge in [0.25, 0.3) is 11.8 Å². The van der Waals surface area contributed by atoms with Crippen LogP contribution in [-0.2, 0) is 9.59 Å². The van der Waals surface area contributed by atoms with Crippen molar-refractivity contribution in [3.8, 4) is 5.75 Å². The molecule has 1 aromatic rings. The Morgan fingerprint density at radius 1 is 1.08 bits per heavy atom. The molecule has 0 radical (unpaired) electrons. The van der Waals surface area contributed by atoms with Crippen LogP contribution in [0.3, 0.4) is 0 Å². The van der Waals surface area contributed by atoms with E-state index in [4.69, 9.17) is 39.5 Å². The van der Waals surface area contributed by atoms with Gasteiger partial charge in [-0.3, -0.25) is 9.59 Å². The second kappa shape index (κ2) is 8.28. The third kappa shape index (κ3) is 4.68. The van der Waals surface area contributed by atoms with Crippen LogP contribution < -0.4 is 4.74 Å². The zero-order valence-corrected chi connectivity index (χ0v) is 15.8. The van der Waals surface area contributed by atoms with Crippen LogP contribution in [-0.4, -0.2) is 59.2 Å². The maximum Gasteiger partial charge on any atom is 0.260 e.